The van der Waals surface area contributed by atoms with Gasteiger partial charge in [-0.05, 0) is 56.7 Å². The highest BCUT2D eigenvalue weighted by Gasteiger charge is 2.24. The molecular formula is C24H32N2O4. The predicted octanol–water partition coefficient (Wildman–Crippen LogP) is 4.89. The molecule has 0 radical (unpaired) electrons. The Labute approximate surface area is 179 Å². The van der Waals surface area contributed by atoms with Crippen molar-refractivity contribution in [1.82, 2.24) is 4.98 Å². The van der Waals surface area contributed by atoms with Gasteiger partial charge >= 0.3 is 6.09 Å². The summed E-state index contributed by atoms with van der Waals surface area (Å²) in [7, 11) is 0. The minimum Gasteiger partial charge on any atom is -0.444 e. The van der Waals surface area contributed by atoms with Gasteiger partial charge in [0.25, 0.3) is 0 Å². The van der Waals surface area contributed by atoms with Crippen LogP contribution in [0, 0.1) is 0 Å². The van der Waals surface area contributed by atoms with E-state index in [4.69, 9.17) is 19.2 Å². The quantitative estimate of drug-likeness (QED) is 0.549. The van der Waals surface area contributed by atoms with Gasteiger partial charge in [-0.1, -0.05) is 36.4 Å². The number of pyridine rings is 1. The Balaban J connectivity index is 1.69. The van der Waals surface area contributed by atoms with Crippen molar-refractivity contribution in [3.8, 4) is 0 Å². The highest BCUT2D eigenvalue weighted by Crippen LogP contribution is 2.26. The normalized spacial score (nSPS) is 13.8. The maximum Gasteiger partial charge on any atom is 0.415 e. The summed E-state index contributed by atoms with van der Waals surface area (Å²) in [5, 5.41) is 0. The molecule has 6 nitrogen and oxygen atoms in total. The van der Waals surface area contributed by atoms with E-state index in [0.717, 1.165) is 54.7 Å². The molecule has 1 aliphatic heterocycles. The first-order valence-corrected chi connectivity index (χ1v) is 10.9. The van der Waals surface area contributed by atoms with Gasteiger partial charge in [0.05, 0.1) is 0 Å². The molecule has 0 aliphatic carbocycles. The number of amides is 1. The molecule has 2 heterocycles. The first kappa shape index (κ1) is 22.2. The highest BCUT2D eigenvalue weighted by atomic mass is 16.7. The molecule has 30 heavy (non-hydrogen) atoms. The summed E-state index contributed by atoms with van der Waals surface area (Å²) in [5.74, 6) is 0.729. The number of carbonyl (C=O) groups excluding carboxylic acids is 1. The number of benzene rings is 1. The Morgan fingerprint density at radius 2 is 1.83 bits per heavy atom. The lowest BCUT2D eigenvalue weighted by Crippen LogP contribution is -2.33. The number of fused-ring (bicyclic) bond motifs is 1. The molecule has 1 aliphatic rings. The summed E-state index contributed by atoms with van der Waals surface area (Å²) >= 11 is 0. The molecule has 0 atom stereocenters. The monoisotopic (exact) mass is 412 g/mol. The summed E-state index contributed by atoms with van der Waals surface area (Å²) in [6, 6.07) is 13.9. The van der Waals surface area contributed by atoms with Gasteiger partial charge in [0.1, 0.15) is 12.4 Å². The Kier molecular flexibility index (Phi) is 8.66. The van der Waals surface area contributed by atoms with E-state index in [1.54, 1.807) is 4.90 Å². The number of hydrogen-bond donors (Lipinski definition) is 0. The molecule has 1 aromatic carbocycles. The van der Waals surface area contributed by atoms with E-state index in [2.05, 4.69) is 6.07 Å². The van der Waals surface area contributed by atoms with Crippen molar-refractivity contribution >= 4 is 11.9 Å². The molecule has 2 aromatic rings. The average molecular weight is 413 g/mol. The number of ether oxygens (including phenoxy) is 3. The third kappa shape index (κ3) is 6.28. The van der Waals surface area contributed by atoms with E-state index in [9.17, 15) is 4.79 Å². The first-order valence-electron chi connectivity index (χ1n) is 10.9. The van der Waals surface area contributed by atoms with Gasteiger partial charge in [-0.25, -0.2) is 9.78 Å². The zero-order chi connectivity index (χ0) is 21.2. The van der Waals surface area contributed by atoms with Crippen molar-refractivity contribution < 1.29 is 19.0 Å². The van der Waals surface area contributed by atoms with Gasteiger partial charge < -0.3 is 14.2 Å². The Hall–Kier alpha value is -2.44. The molecule has 162 valence electrons. The van der Waals surface area contributed by atoms with Crippen LogP contribution in [0.4, 0.5) is 10.6 Å². The lowest BCUT2D eigenvalue weighted by atomic mass is 10.1. The molecule has 0 saturated heterocycles. The third-order valence-corrected chi connectivity index (χ3v) is 5.11. The fourth-order valence-electron chi connectivity index (χ4n) is 3.60. The topological polar surface area (TPSA) is 60.9 Å². The van der Waals surface area contributed by atoms with Crippen molar-refractivity contribution in [1.29, 1.82) is 0 Å². The average Bonchev–Trinajstić information content (AvgIpc) is 2.99. The molecule has 0 bridgehead atoms. The predicted molar refractivity (Wildman–Crippen MR) is 117 cm³/mol. The fourth-order valence-corrected chi connectivity index (χ4v) is 3.60. The lowest BCUT2D eigenvalue weighted by Gasteiger charge is -2.22. The summed E-state index contributed by atoms with van der Waals surface area (Å²) in [6.45, 7) is 6.04. The van der Waals surface area contributed by atoms with Gasteiger partial charge in [0, 0.05) is 31.9 Å². The Bertz CT molecular complexity index is 791. The second-order valence-corrected chi connectivity index (χ2v) is 7.31. The molecule has 0 unspecified atom stereocenters. The Morgan fingerprint density at radius 3 is 2.57 bits per heavy atom. The van der Waals surface area contributed by atoms with Crippen LogP contribution in [0.3, 0.4) is 0 Å². The lowest BCUT2D eigenvalue weighted by molar-refractivity contribution is -0.139. The smallest absolute Gasteiger partial charge is 0.415 e. The van der Waals surface area contributed by atoms with Crippen molar-refractivity contribution in [2.45, 2.75) is 58.8 Å². The van der Waals surface area contributed by atoms with Crippen LogP contribution in [0.5, 0.6) is 0 Å². The summed E-state index contributed by atoms with van der Waals surface area (Å²) < 4.78 is 16.9. The number of carbonyl (C=O) groups is 1. The molecule has 0 N–H and O–H groups in total. The molecule has 0 fully saturated rings. The Morgan fingerprint density at radius 1 is 1.07 bits per heavy atom. The highest BCUT2D eigenvalue weighted by molar-refractivity contribution is 5.87. The number of aryl methyl sites for hydroxylation is 2. The summed E-state index contributed by atoms with van der Waals surface area (Å²) in [5.41, 5.74) is 3.00. The molecular weight excluding hydrogens is 380 g/mol. The SMILES string of the molecule is CCOC(CCc1ccc2c(n1)N(C(=O)OCc1ccccc1)CCCC2)OCC. The summed E-state index contributed by atoms with van der Waals surface area (Å²) in [4.78, 5) is 19.4. The molecule has 3 rings (SSSR count). The number of rotatable bonds is 9. The van der Waals surface area contributed by atoms with Crippen molar-refractivity contribution in [2.24, 2.45) is 0 Å². The second-order valence-electron chi connectivity index (χ2n) is 7.31. The number of nitrogens with zero attached hydrogens (tertiary/aromatic N) is 2. The van der Waals surface area contributed by atoms with Gasteiger partial charge in [-0.15, -0.1) is 0 Å². The van der Waals surface area contributed by atoms with Crippen LogP contribution in [-0.2, 0) is 33.7 Å². The van der Waals surface area contributed by atoms with E-state index in [1.165, 1.54) is 0 Å². The molecule has 0 spiro atoms. The van der Waals surface area contributed by atoms with Crippen LogP contribution in [0.15, 0.2) is 42.5 Å². The first-order chi connectivity index (χ1) is 14.7. The molecule has 6 heteroatoms. The van der Waals surface area contributed by atoms with Gasteiger partial charge in [0.2, 0.25) is 0 Å². The summed E-state index contributed by atoms with van der Waals surface area (Å²) in [6.07, 6.45) is 3.78. The maximum absolute atomic E-state index is 12.9. The molecule has 1 aromatic heterocycles. The van der Waals surface area contributed by atoms with E-state index < -0.39 is 0 Å². The third-order valence-electron chi connectivity index (χ3n) is 5.11. The van der Waals surface area contributed by atoms with Crippen LogP contribution >= 0.6 is 0 Å². The standard InChI is InChI=1S/C24H32N2O4/c1-3-28-22(29-4-2)16-15-21-14-13-20-12-8-9-17-26(23(20)25-21)24(27)30-18-19-10-6-5-7-11-19/h5-7,10-11,13-14,22H,3-4,8-9,12,15-18H2,1-2H3. The van der Waals surface area contributed by atoms with E-state index in [0.29, 0.717) is 19.8 Å². The second kappa shape index (κ2) is 11.7. The van der Waals surface area contributed by atoms with Crippen molar-refractivity contribution in [2.75, 3.05) is 24.7 Å². The van der Waals surface area contributed by atoms with Gasteiger partial charge in [0.15, 0.2) is 6.29 Å². The zero-order valence-corrected chi connectivity index (χ0v) is 18.0. The van der Waals surface area contributed by atoms with Crippen molar-refractivity contribution in [3.63, 3.8) is 0 Å². The zero-order valence-electron chi connectivity index (χ0n) is 18.0. The van der Waals surface area contributed by atoms with Crippen LogP contribution in [0.2, 0.25) is 0 Å². The van der Waals surface area contributed by atoms with Crippen molar-refractivity contribution in [3.05, 3.63) is 59.3 Å². The van der Waals surface area contributed by atoms with E-state index in [1.807, 2.05) is 50.2 Å². The minimum absolute atomic E-state index is 0.229. The molecule has 1 amide bonds. The minimum atomic E-state index is -0.340. The largest absolute Gasteiger partial charge is 0.444 e. The van der Waals surface area contributed by atoms with E-state index >= 15 is 0 Å². The maximum atomic E-state index is 12.9. The van der Waals surface area contributed by atoms with Gasteiger partial charge in [-0.2, -0.15) is 0 Å². The van der Waals surface area contributed by atoms with Crippen LogP contribution in [0.25, 0.3) is 0 Å². The number of anilines is 1. The van der Waals surface area contributed by atoms with Crippen LogP contribution in [-0.4, -0.2) is 37.1 Å². The van der Waals surface area contributed by atoms with Crippen LogP contribution < -0.4 is 4.90 Å². The van der Waals surface area contributed by atoms with Gasteiger partial charge in [-0.3, -0.25) is 4.90 Å². The number of aromatic nitrogens is 1. The van der Waals surface area contributed by atoms with Crippen LogP contribution in [0.1, 0.15) is 49.9 Å². The fraction of sp³-hybridized carbons (Fsp3) is 0.500. The van der Waals surface area contributed by atoms with E-state index in [-0.39, 0.29) is 19.0 Å². The number of hydrogen-bond acceptors (Lipinski definition) is 5. The molecule has 0 saturated carbocycles.